The monoisotopic (exact) mass is 452 g/mol. The van der Waals surface area contributed by atoms with E-state index in [1.165, 1.54) is 29.7 Å². The van der Waals surface area contributed by atoms with Crippen molar-refractivity contribution in [3.63, 3.8) is 0 Å². The van der Waals surface area contributed by atoms with Gasteiger partial charge in [-0.3, -0.25) is 0 Å². The first-order valence-electron chi connectivity index (χ1n) is 12.0. The Balaban J connectivity index is 1.51. The highest BCUT2D eigenvalue weighted by Crippen LogP contribution is 2.42. The SMILES string of the molecule is CCOc1cc(C(=O)OC(C)(C)C)ccc1NCc1cc(C2CC2)cc(N2CCOCC2)c1. The maximum atomic E-state index is 12.5. The van der Waals surface area contributed by atoms with Gasteiger partial charge in [0.1, 0.15) is 11.4 Å². The summed E-state index contributed by atoms with van der Waals surface area (Å²) in [5.41, 5.74) is 4.79. The largest absolute Gasteiger partial charge is 0.492 e. The fourth-order valence-corrected chi connectivity index (χ4v) is 4.06. The fraction of sp³-hybridized carbons (Fsp3) is 0.519. The minimum Gasteiger partial charge on any atom is -0.492 e. The van der Waals surface area contributed by atoms with Gasteiger partial charge in [-0.1, -0.05) is 6.07 Å². The van der Waals surface area contributed by atoms with E-state index < -0.39 is 5.60 Å². The van der Waals surface area contributed by atoms with E-state index in [1.807, 2.05) is 33.8 Å². The minimum atomic E-state index is -0.537. The molecule has 2 aromatic rings. The van der Waals surface area contributed by atoms with Crippen LogP contribution in [0.1, 0.15) is 67.9 Å². The lowest BCUT2D eigenvalue weighted by atomic mass is 10.0. The zero-order chi connectivity index (χ0) is 23.4. The Morgan fingerprint density at radius 2 is 1.88 bits per heavy atom. The number of morpholine rings is 1. The molecule has 178 valence electrons. The van der Waals surface area contributed by atoms with E-state index >= 15 is 0 Å². The van der Waals surface area contributed by atoms with Gasteiger partial charge in [0.25, 0.3) is 0 Å². The Hall–Kier alpha value is -2.73. The molecule has 0 spiro atoms. The molecule has 1 heterocycles. The zero-order valence-electron chi connectivity index (χ0n) is 20.3. The Labute approximate surface area is 197 Å². The molecule has 2 fully saturated rings. The van der Waals surface area contributed by atoms with Crippen LogP contribution in [0, 0.1) is 0 Å². The predicted octanol–water partition coefficient (Wildman–Crippen LogP) is 5.37. The summed E-state index contributed by atoms with van der Waals surface area (Å²) in [4.78, 5) is 14.9. The van der Waals surface area contributed by atoms with Crippen LogP contribution in [0.3, 0.4) is 0 Å². The third kappa shape index (κ3) is 6.41. The number of esters is 1. The second kappa shape index (κ2) is 10.0. The maximum absolute atomic E-state index is 12.5. The van der Waals surface area contributed by atoms with Crippen molar-refractivity contribution in [1.82, 2.24) is 0 Å². The molecule has 1 aliphatic carbocycles. The average molecular weight is 453 g/mol. The summed E-state index contributed by atoms with van der Waals surface area (Å²) in [5.74, 6) is 1.01. The first-order chi connectivity index (χ1) is 15.8. The lowest BCUT2D eigenvalue weighted by molar-refractivity contribution is 0.00691. The van der Waals surface area contributed by atoms with Gasteiger partial charge in [-0.2, -0.15) is 0 Å². The van der Waals surface area contributed by atoms with Crippen LogP contribution >= 0.6 is 0 Å². The average Bonchev–Trinajstić information content (AvgIpc) is 3.63. The van der Waals surface area contributed by atoms with Gasteiger partial charge in [0.15, 0.2) is 0 Å². The van der Waals surface area contributed by atoms with Gasteiger partial charge in [0, 0.05) is 25.3 Å². The van der Waals surface area contributed by atoms with Crippen molar-refractivity contribution < 1.29 is 19.0 Å². The van der Waals surface area contributed by atoms with E-state index in [2.05, 4.69) is 28.4 Å². The van der Waals surface area contributed by atoms with Gasteiger partial charge in [-0.15, -0.1) is 0 Å². The lowest BCUT2D eigenvalue weighted by Gasteiger charge is -2.29. The van der Waals surface area contributed by atoms with Crippen LogP contribution in [0.2, 0.25) is 0 Å². The van der Waals surface area contributed by atoms with Crippen LogP contribution in [0.4, 0.5) is 11.4 Å². The topological polar surface area (TPSA) is 60.0 Å². The van der Waals surface area contributed by atoms with Crippen molar-refractivity contribution in [2.75, 3.05) is 43.1 Å². The molecule has 2 aromatic carbocycles. The van der Waals surface area contributed by atoms with Gasteiger partial charge in [0.2, 0.25) is 0 Å². The third-order valence-electron chi connectivity index (χ3n) is 5.82. The first-order valence-corrected chi connectivity index (χ1v) is 12.0. The molecule has 0 atom stereocenters. The Morgan fingerprint density at radius 3 is 2.55 bits per heavy atom. The van der Waals surface area contributed by atoms with E-state index in [0.29, 0.717) is 30.4 Å². The van der Waals surface area contributed by atoms with Crippen LogP contribution in [0.15, 0.2) is 36.4 Å². The highest BCUT2D eigenvalue weighted by Gasteiger charge is 2.25. The van der Waals surface area contributed by atoms with Crippen LogP contribution in [-0.4, -0.2) is 44.5 Å². The molecule has 1 N–H and O–H groups in total. The molecule has 6 heteroatoms. The smallest absolute Gasteiger partial charge is 0.338 e. The number of hydrogen-bond acceptors (Lipinski definition) is 6. The number of ether oxygens (including phenoxy) is 3. The summed E-state index contributed by atoms with van der Waals surface area (Å²) in [6, 6.07) is 12.4. The summed E-state index contributed by atoms with van der Waals surface area (Å²) >= 11 is 0. The molecular weight excluding hydrogens is 416 g/mol. The second-order valence-corrected chi connectivity index (χ2v) is 9.81. The van der Waals surface area contributed by atoms with Crippen molar-refractivity contribution in [2.24, 2.45) is 0 Å². The highest BCUT2D eigenvalue weighted by molar-refractivity contribution is 5.91. The number of carbonyl (C=O) groups is 1. The first kappa shape index (κ1) is 23.4. The molecule has 0 bridgehead atoms. The summed E-state index contributed by atoms with van der Waals surface area (Å²) in [7, 11) is 0. The minimum absolute atomic E-state index is 0.345. The number of nitrogens with zero attached hydrogens (tertiary/aromatic N) is 1. The van der Waals surface area contributed by atoms with Crippen LogP contribution in [0.25, 0.3) is 0 Å². The van der Waals surface area contributed by atoms with E-state index in [4.69, 9.17) is 14.2 Å². The molecule has 33 heavy (non-hydrogen) atoms. The predicted molar refractivity (Wildman–Crippen MR) is 132 cm³/mol. The lowest BCUT2D eigenvalue weighted by Crippen LogP contribution is -2.36. The molecule has 1 aliphatic heterocycles. The van der Waals surface area contributed by atoms with Crippen molar-refractivity contribution in [1.29, 1.82) is 0 Å². The number of benzene rings is 2. The second-order valence-electron chi connectivity index (χ2n) is 9.81. The molecule has 0 unspecified atom stereocenters. The molecule has 6 nitrogen and oxygen atoms in total. The fourth-order valence-electron chi connectivity index (χ4n) is 4.06. The third-order valence-corrected chi connectivity index (χ3v) is 5.82. The van der Waals surface area contributed by atoms with Crippen molar-refractivity contribution in [3.05, 3.63) is 53.1 Å². The van der Waals surface area contributed by atoms with E-state index in [-0.39, 0.29) is 5.97 Å². The summed E-state index contributed by atoms with van der Waals surface area (Å²) < 4.78 is 16.9. The molecule has 0 amide bonds. The standard InChI is InChI=1S/C27H36N2O4/c1-5-32-25-17-21(26(30)33-27(2,3)4)8-9-24(25)28-18-19-14-22(20-6-7-20)16-23(15-19)29-10-12-31-13-11-29/h8-9,14-17,20,28H,5-7,10-13,18H2,1-4H3. The number of carbonyl (C=O) groups excluding carboxylic acids is 1. The maximum Gasteiger partial charge on any atom is 0.338 e. The normalized spacial score (nSPS) is 16.4. The molecule has 4 rings (SSSR count). The molecule has 0 radical (unpaired) electrons. The molecule has 0 aromatic heterocycles. The van der Waals surface area contributed by atoms with Gasteiger partial charge in [-0.25, -0.2) is 4.79 Å². The molecular formula is C27H36N2O4. The van der Waals surface area contributed by atoms with Crippen LogP contribution in [0.5, 0.6) is 5.75 Å². The molecule has 1 saturated carbocycles. The zero-order valence-corrected chi connectivity index (χ0v) is 20.3. The van der Waals surface area contributed by atoms with Crippen molar-refractivity contribution in [3.8, 4) is 5.75 Å². The van der Waals surface area contributed by atoms with Gasteiger partial charge in [0.05, 0.1) is 31.1 Å². The van der Waals surface area contributed by atoms with Crippen molar-refractivity contribution in [2.45, 2.75) is 58.6 Å². The van der Waals surface area contributed by atoms with Gasteiger partial charge >= 0.3 is 5.97 Å². The summed E-state index contributed by atoms with van der Waals surface area (Å²) in [6.07, 6.45) is 2.56. The highest BCUT2D eigenvalue weighted by atomic mass is 16.6. The van der Waals surface area contributed by atoms with E-state index in [9.17, 15) is 4.79 Å². The van der Waals surface area contributed by atoms with E-state index in [1.54, 1.807) is 12.1 Å². The Morgan fingerprint density at radius 1 is 1.12 bits per heavy atom. The quantitative estimate of drug-likeness (QED) is 0.544. The van der Waals surface area contributed by atoms with Crippen molar-refractivity contribution >= 4 is 17.3 Å². The van der Waals surface area contributed by atoms with Crippen LogP contribution < -0.4 is 15.0 Å². The number of anilines is 2. The van der Waals surface area contributed by atoms with Crippen LogP contribution in [-0.2, 0) is 16.0 Å². The molecule has 1 saturated heterocycles. The summed E-state index contributed by atoms with van der Waals surface area (Å²) in [6.45, 7) is 12.2. The number of hydrogen-bond donors (Lipinski definition) is 1. The molecule has 2 aliphatic rings. The number of nitrogens with one attached hydrogen (secondary N) is 1. The van der Waals surface area contributed by atoms with E-state index in [0.717, 1.165) is 32.0 Å². The number of rotatable bonds is 8. The van der Waals surface area contributed by atoms with Gasteiger partial charge in [-0.05, 0) is 87.9 Å². The Bertz CT molecular complexity index is 973. The summed E-state index contributed by atoms with van der Waals surface area (Å²) in [5, 5.41) is 3.53. The Kier molecular flexibility index (Phi) is 7.13. The van der Waals surface area contributed by atoms with Gasteiger partial charge < -0.3 is 24.4 Å².